The number of rotatable bonds is 2. The molecule has 0 saturated heterocycles. The van der Waals surface area contributed by atoms with Crippen molar-refractivity contribution in [1.29, 1.82) is 0 Å². The van der Waals surface area contributed by atoms with Crippen LogP contribution in [0.2, 0.25) is 0 Å². The number of hydrogen-bond acceptors (Lipinski definition) is 5. The van der Waals surface area contributed by atoms with Crippen molar-refractivity contribution in [2.75, 3.05) is 30.1 Å². The van der Waals surface area contributed by atoms with E-state index in [0.717, 1.165) is 5.69 Å². The first-order chi connectivity index (χ1) is 8.94. The molecule has 0 radical (unpaired) electrons. The van der Waals surface area contributed by atoms with Gasteiger partial charge in [0.25, 0.3) is 10.0 Å². The fourth-order valence-corrected chi connectivity index (χ4v) is 3.51. The lowest BCUT2D eigenvalue weighted by Crippen LogP contribution is -2.20. The average molecular weight is 295 g/mol. The highest BCUT2D eigenvalue weighted by atomic mass is 32.2. The molecule has 100 valence electrons. The number of anilines is 2. The molecule has 1 aliphatic rings. The zero-order chi connectivity index (χ0) is 14.0. The predicted molar refractivity (Wildman–Crippen MR) is 80.3 cm³/mol. The van der Waals surface area contributed by atoms with Crippen LogP contribution in [-0.4, -0.2) is 33.4 Å². The van der Waals surface area contributed by atoms with Crippen LogP contribution in [0.3, 0.4) is 0 Å². The Hall–Kier alpha value is -1.65. The summed E-state index contributed by atoms with van der Waals surface area (Å²) in [7, 11) is 0.0303. The van der Waals surface area contributed by atoms with E-state index in [2.05, 4.69) is 15.6 Å². The Bertz CT molecular complexity index is 673. The number of amidine groups is 1. The van der Waals surface area contributed by atoms with E-state index in [1.54, 1.807) is 12.1 Å². The first-order valence-electron chi connectivity index (χ1n) is 5.43. The zero-order valence-corrected chi connectivity index (χ0v) is 12.2. The maximum atomic E-state index is 12.1. The van der Waals surface area contributed by atoms with Crippen molar-refractivity contribution < 1.29 is 8.42 Å². The van der Waals surface area contributed by atoms with Crippen LogP contribution in [0.25, 0.3) is 0 Å². The number of fused-ring (bicyclic) bond motifs is 1. The molecule has 0 amide bonds. The summed E-state index contributed by atoms with van der Waals surface area (Å²) in [5.41, 5.74) is 1.33. The largest absolute Gasteiger partial charge is 0.378 e. The molecule has 19 heavy (non-hydrogen) atoms. The van der Waals surface area contributed by atoms with Crippen molar-refractivity contribution in [3.63, 3.8) is 0 Å². The van der Waals surface area contributed by atoms with Crippen molar-refractivity contribution in [2.24, 2.45) is 4.40 Å². The smallest absolute Gasteiger partial charge is 0.286 e. The molecule has 1 aromatic rings. The van der Waals surface area contributed by atoms with Gasteiger partial charge in [0.05, 0.1) is 11.4 Å². The summed E-state index contributed by atoms with van der Waals surface area (Å²) in [5, 5.41) is 3.28. The number of nitrogens with one attached hydrogen (secondary N) is 1. The minimum atomic E-state index is -3.67. The van der Waals surface area contributed by atoms with Gasteiger partial charge in [-0.15, -0.1) is 10.8 Å². The highest BCUT2D eigenvalue weighted by Crippen LogP contribution is 2.32. The van der Waals surface area contributed by atoms with Gasteiger partial charge in [-0.3, -0.25) is 0 Å². The van der Waals surface area contributed by atoms with Crippen LogP contribution in [-0.2, 0) is 10.0 Å². The summed E-state index contributed by atoms with van der Waals surface area (Å²) < 4.78 is 27.9. The van der Waals surface area contributed by atoms with Crippen LogP contribution >= 0.6 is 11.8 Å². The van der Waals surface area contributed by atoms with E-state index in [-0.39, 0.29) is 4.90 Å². The van der Waals surface area contributed by atoms with Gasteiger partial charge < -0.3 is 10.2 Å². The highest BCUT2D eigenvalue weighted by Gasteiger charge is 2.25. The standard InChI is InChI=1S/C12H13N3O2S2/c1-4-7-18-12-13-10-6-5-9(15(2)3)8-11(10)19(16,17)14-12/h1,5-6,8H,7H2,2-3H3,(H,13,14). The summed E-state index contributed by atoms with van der Waals surface area (Å²) in [4.78, 5) is 2.02. The molecule has 1 heterocycles. The number of hydrogen-bond donors (Lipinski definition) is 1. The average Bonchev–Trinajstić information content (AvgIpc) is 2.35. The molecule has 0 atom stereocenters. The third-order valence-corrected chi connectivity index (χ3v) is 4.71. The Kier molecular flexibility index (Phi) is 3.73. The molecule has 0 saturated carbocycles. The monoisotopic (exact) mass is 295 g/mol. The third-order valence-electron chi connectivity index (χ3n) is 2.50. The minimum Gasteiger partial charge on any atom is -0.378 e. The molecular formula is C12H13N3O2S2. The first-order valence-corrected chi connectivity index (χ1v) is 7.86. The highest BCUT2D eigenvalue weighted by molar-refractivity contribution is 8.15. The van der Waals surface area contributed by atoms with Crippen molar-refractivity contribution in [3.8, 4) is 12.3 Å². The fraction of sp³-hybridized carbons (Fsp3) is 0.250. The summed E-state index contributed by atoms with van der Waals surface area (Å²) in [6.07, 6.45) is 5.15. The van der Waals surface area contributed by atoms with E-state index in [4.69, 9.17) is 6.42 Å². The van der Waals surface area contributed by atoms with Crippen molar-refractivity contribution >= 4 is 38.3 Å². The molecule has 7 heteroatoms. The minimum absolute atomic E-state index is 0.184. The van der Waals surface area contributed by atoms with Crippen LogP contribution in [0, 0.1) is 12.3 Å². The lowest BCUT2D eigenvalue weighted by molar-refractivity contribution is 0.598. The lowest BCUT2D eigenvalue weighted by Gasteiger charge is -2.20. The molecule has 1 aromatic carbocycles. The molecule has 1 N–H and O–H groups in total. The van der Waals surface area contributed by atoms with Crippen LogP contribution < -0.4 is 10.2 Å². The van der Waals surface area contributed by atoms with Crippen LogP contribution in [0.15, 0.2) is 27.5 Å². The summed E-state index contributed by atoms with van der Waals surface area (Å²) in [6.45, 7) is 0. The second-order valence-electron chi connectivity index (χ2n) is 4.06. The topological polar surface area (TPSA) is 61.8 Å². The molecule has 0 aliphatic carbocycles. The summed E-state index contributed by atoms with van der Waals surface area (Å²) >= 11 is 1.19. The van der Waals surface area contributed by atoms with Gasteiger partial charge in [0.2, 0.25) is 0 Å². The normalized spacial score (nSPS) is 15.7. The Morgan fingerprint density at radius 2 is 2.21 bits per heavy atom. The zero-order valence-electron chi connectivity index (χ0n) is 10.5. The number of benzene rings is 1. The van der Waals surface area contributed by atoms with Crippen molar-refractivity contribution in [3.05, 3.63) is 18.2 Å². The van der Waals surface area contributed by atoms with E-state index in [9.17, 15) is 8.42 Å². The predicted octanol–water partition coefficient (Wildman–Crippen LogP) is 1.59. The SMILES string of the molecule is C#CCSC1=NS(=O)(=O)c2cc(N(C)C)ccc2N1. The number of nitrogens with zero attached hydrogens (tertiary/aromatic N) is 2. The molecule has 2 rings (SSSR count). The van der Waals surface area contributed by atoms with Crippen molar-refractivity contribution in [1.82, 2.24) is 0 Å². The van der Waals surface area contributed by atoms with E-state index in [0.29, 0.717) is 16.6 Å². The number of terminal acetylenes is 1. The number of thioether (sulfide) groups is 1. The first kappa shape index (κ1) is 13.8. The lowest BCUT2D eigenvalue weighted by atomic mass is 10.2. The number of sulfonamides is 1. The van der Waals surface area contributed by atoms with Gasteiger partial charge in [-0.25, -0.2) is 0 Å². The molecular weight excluding hydrogens is 282 g/mol. The van der Waals surface area contributed by atoms with E-state index in [1.807, 2.05) is 25.1 Å². The molecule has 0 spiro atoms. The second-order valence-corrected chi connectivity index (χ2v) is 6.60. The van der Waals surface area contributed by atoms with Crippen LogP contribution in [0.1, 0.15) is 0 Å². The Morgan fingerprint density at radius 1 is 1.47 bits per heavy atom. The van der Waals surface area contributed by atoms with Gasteiger partial charge >= 0.3 is 0 Å². The van der Waals surface area contributed by atoms with Gasteiger partial charge in [-0.05, 0) is 18.2 Å². The van der Waals surface area contributed by atoms with E-state index in [1.165, 1.54) is 11.8 Å². The molecule has 0 unspecified atom stereocenters. The molecule has 5 nitrogen and oxygen atoms in total. The van der Waals surface area contributed by atoms with Gasteiger partial charge in [-0.2, -0.15) is 8.42 Å². The van der Waals surface area contributed by atoms with E-state index < -0.39 is 10.0 Å². The Labute approximate surface area is 117 Å². The Balaban J connectivity index is 2.43. The van der Waals surface area contributed by atoms with Crippen LogP contribution in [0.5, 0.6) is 0 Å². The van der Waals surface area contributed by atoms with Gasteiger partial charge in [0.15, 0.2) is 5.17 Å². The molecule has 1 aliphatic heterocycles. The molecule has 0 fully saturated rings. The maximum absolute atomic E-state index is 12.1. The summed E-state index contributed by atoms with van der Waals surface area (Å²) in [5.74, 6) is 2.80. The second kappa shape index (κ2) is 5.15. The van der Waals surface area contributed by atoms with Gasteiger partial charge in [-0.1, -0.05) is 17.7 Å². The summed E-state index contributed by atoms with van der Waals surface area (Å²) in [6, 6.07) is 5.17. The fourth-order valence-electron chi connectivity index (χ4n) is 1.57. The van der Waals surface area contributed by atoms with Gasteiger partial charge in [0, 0.05) is 19.8 Å². The van der Waals surface area contributed by atoms with Gasteiger partial charge in [0.1, 0.15) is 4.90 Å². The quantitative estimate of drug-likeness (QED) is 0.840. The van der Waals surface area contributed by atoms with E-state index >= 15 is 0 Å². The molecule has 0 aromatic heterocycles. The maximum Gasteiger partial charge on any atom is 0.286 e. The third kappa shape index (κ3) is 2.85. The van der Waals surface area contributed by atoms with Crippen LogP contribution in [0.4, 0.5) is 11.4 Å². The Morgan fingerprint density at radius 3 is 2.84 bits per heavy atom. The molecule has 0 bridgehead atoms. The van der Waals surface area contributed by atoms with Crippen molar-refractivity contribution in [2.45, 2.75) is 4.90 Å².